The number of halogens is 1. The highest BCUT2D eigenvalue weighted by atomic mass is 79.9. The first-order valence-corrected chi connectivity index (χ1v) is 11.4. The zero-order chi connectivity index (χ0) is 24.4. The summed E-state index contributed by atoms with van der Waals surface area (Å²) in [7, 11) is 0. The number of carbonyl (C=O) groups excluding carboxylic acids is 3. The van der Waals surface area contributed by atoms with Crippen molar-refractivity contribution in [2.24, 2.45) is 0 Å². The summed E-state index contributed by atoms with van der Waals surface area (Å²) in [5, 5.41) is 6.24. The number of aromatic nitrogens is 1. The van der Waals surface area contributed by atoms with E-state index < -0.39 is 17.7 Å². The van der Waals surface area contributed by atoms with Crippen LogP contribution >= 0.6 is 15.9 Å². The molecular weight excluding hydrogens is 496 g/mol. The zero-order valence-corrected chi connectivity index (χ0v) is 20.5. The Bertz CT molecular complexity index is 1440. The molecule has 0 aliphatic carbocycles. The number of amides is 3. The van der Waals surface area contributed by atoms with E-state index in [1.165, 1.54) is 4.68 Å². The first kappa shape index (κ1) is 23.3. The molecule has 0 spiro atoms. The van der Waals surface area contributed by atoms with Gasteiger partial charge >= 0.3 is 11.8 Å². The Balaban J connectivity index is 1.65. The normalized spacial score (nSPS) is 10.7. The Hall–Kier alpha value is -3.91. The van der Waals surface area contributed by atoms with Gasteiger partial charge in [0, 0.05) is 21.2 Å². The van der Waals surface area contributed by atoms with Crippen LogP contribution in [-0.4, -0.2) is 22.4 Å². The minimum Gasteiger partial charge on any atom is -0.320 e. The number of benzene rings is 3. The summed E-state index contributed by atoms with van der Waals surface area (Å²) in [5.41, 5.74) is 7.24. The van der Waals surface area contributed by atoms with E-state index in [4.69, 9.17) is 0 Å². The molecule has 7 nitrogen and oxygen atoms in total. The van der Waals surface area contributed by atoms with E-state index in [-0.39, 0.29) is 5.69 Å². The third-order valence-corrected chi connectivity index (χ3v) is 5.94. The van der Waals surface area contributed by atoms with E-state index in [9.17, 15) is 14.4 Å². The summed E-state index contributed by atoms with van der Waals surface area (Å²) in [5.74, 6) is -2.15. The molecule has 3 amide bonds. The van der Waals surface area contributed by atoms with Gasteiger partial charge in [-0.25, -0.2) is 4.68 Å². The van der Waals surface area contributed by atoms with Crippen molar-refractivity contribution in [3.8, 4) is 0 Å². The number of rotatable bonds is 4. The predicted octanol–water partition coefficient (Wildman–Crippen LogP) is 5.29. The molecule has 0 aliphatic heterocycles. The first-order valence-electron chi connectivity index (χ1n) is 10.6. The lowest BCUT2D eigenvalue weighted by Crippen LogP contribution is -2.36. The number of carbonyl (C=O) groups is 3. The average Bonchev–Trinajstić information content (AvgIpc) is 3.15. The van der Waals surface area contributed by atoms with Gasteiger partial charge in [-0.05, 0) is 73.9 Å². The number of aryl methyl sites for hydroxylation is 3. The van der Waals surface area contributed by atoms with E-state index in [2.05, 4.69) is 32.0 Å². The molecule has 0 aliphatic rings. The standard InChI is InChI=1S/C26H23BrN4O3/c1-15-8-9-17(3)21(12-15)29-25(33)26(34)30-31-22-11-10-19(27)13-18(22)14-23(31)24(32)28-20-7-5-4-6-16(20)2/h4-14H,1-3H3,(H,28,32)(H,29,33)(H,30,34). The van der Waals surface area contributed by atoms with Crippen LogP contribution in [0.1, 0.15) is 27.2 Å². The Morgan fingerprint density at radius 2 is 1.50 bits per heavy atom. The number of hydrogen-bond acceptors (Lipinski definition) is 3. The number of fused-ring (bicyclic) bond motifs is 1. The fourth-order valence-corrected chi connectivity index (χ4v) is 3.95. The number of anilines is 2. The summed E-state index contributed by atoms with van der Waals surface area (Å²) in [6, 6.07) is 20.0. The van der Waals surface area contributed by atoms with E-state index >= 15 is 0 Å². The van der Waals surface area contributed by atoms with Gasteiger partial charge in [-0.15, -0.1) is 0 Å². The first-order chi connectivity index (χ1) is 16.2. The summed E-state index contributed by atoms with van der Waals surface area (Å²) in [6.45, 7) is 5.64. The second-order valence-electron chi connectivity index (χ2n) is 8.05. The van der Waals surface area contributed by atoms with Gasteiger partial charge in [-0.2, -0.15) is 0 Å². The molecular formula is C26H23BrN4O3. The average molecular weight is 519 g/mol. The molecule has 0 radical (unpaired) electrons. The molecule has 8 heteroatoms. The minimum atomic E-state index is -0.897. The number of para-hydroxylation sites is 1. The molecule has 0 atom stereocenters. The lowest BCUT2D eigenvalue weighted by atomic mass is 10.1. The quantitative estimate of drug-likeness (QED) is 0.320. The molecule has 3 N–H and O–H groups in total. The minimum absolute atomic E-state index is 0.184. The van der Waals surface area contributed by atoms with Crippen LogP contribution in [0.25, 0.3) is 10.9 Å². The molecule has 0 bridgehead atoms. The van der Waals surface area contributed by atoms with Gasteiger partial charge < -0.3 is 10.6 Å². The molecule has 1 aromatic heterocycles. The molecule has 0 fully saturated rings. The Kier molecular flexibility index (Phi) is 6.51. The number of hydrogen-bond donors (Lipinski definition) is 3. The van der Waals surface area contributed by atoms with Crippen molar-refractivity contribution in [1.29, 1.82) is 0 Å². The fraction of sp³-hybridized carbons (Fsp3) is 0.115. The number of nitrogens with zero attached hydrogens (tertiary/aromatic N) is 1. The summed E-state index contributed by atoms with van der Waals surface area (Å²) >= 11 is 3.43. The summed E-state index contributed by atoms with van der Waals surface area (Å²) in [6.07, 6.45) is 0. The highest BCUT2D eigenvalue weighted by Crippen LogP contribution is 2.24. The lowest BCUT2D eigenvalue weighted by molar-refractivity contribution is -0.133. The highest BCUT2D eigenvalue weighted by Gasteiger charge is 2.22. The van der Waals surface area contributed by atoms with Gasteiger partial charge in [0.15, 0.2) is 0 Å². The van der Waals surface area contributed by atoms with Crippen LogP contribution in [0.3, 0.4) is 0 Å². The van der Waals surface area contributed by atoms with Crippen LogP contribution in [0, 0.1) is 20.8 Å². The van der Waals surface area contributed by atoms with Crippen molar-refractivity contribution in [2.75, 3.05) is 16.1 Å². The molecule has 34 heavy (non-hydrogen) atoms. The van der Waals surface area contributed by atoms with Gasteiger partial charge in [0.2, 0.25) is 0 Å². The van der Waals surface area contributed by atoms with Crippen molar-refractivity contribution in [2.45, 2.75) is 20.8 Å². The summed E-state index contributed by atoms with van der Waals surface area (Å²) in [4.78, 5) is 38.7. The Labute approximate surface area is 205 Å². The van der Waals surface area contributed by atoms with Crippen molar-refractivity contribution in [3.05, 3.63) is 93.6 Å². The maximum atomic E-state index is 13.2. The van der Waals surface area contributed by atoms with E-state index in [0.717, 1.165) is 26.5 Å². The Morgan fingerprint density at radius 1 is 0.765 bits per heavy atom. The third-order valence-electron chi connectivity index (χ3n) is 5.45. The molecule has 172 valence electrons. The lowest BCUT2D eigenvalue weighted by Gasteiger charge is -2.14. The topological polar surface area (TPSA) is 92.2 Å². The maximum Gasteiger partial charge on any atom is 0.328 e. The summed E-state index contributed by atoms with van der Waals surface area (Å²) < 4.78 is 2.16. The van der Waals surface area contributed by atoms with Gasteiger partial charge in [0.1, 0.15) is 5.69 Å². The molecule has 4 aromatic rings. The second-order valence-corrected chi connectivity index (χ2v) is 8.97. The second kappa shape index (κ2) is 9.52. The van der Waals surface area contributed by atoms with Gasteiger partial charge in [0.25, 0.3) is 5.91 Å². The highest BCUT2D eigenvalue weighted by molar-refractivity contribution is 9.10. The fourth-order valence-electron chi connectivity index (χ4n) is 3.58. The van der Waals surface area contributed by atoms with Gasteiger partial charge in [-0.3, -0.25) is 19.8 Å². The molecule has 0 saturated carbocycles. The third kappa shape index (κ3) is 4.87. The van der Waals surface area contributed by atoms with E-state index in [0.29, 0.717) is 16.9 Å². The molecule has 1 heterocycles. The van der Waals surface area contributed by atoms with Gasteiger partial charge in [0.05, 0.1) is 5.52 Å². The maximum absolute atomic E-state index is 13.2. The van der Waals surface area contributed by atoms with Crippen LogP contribution < -0.4 is 16.1 Å². The van der Waals surface area contributed by atoms with E-state index in [1.807, 2.05) is 57.2 Å². The van der Waals surface area contributed by atoms with Gasteiger partial charge in [-0.1, -0.05) is 46.3 Å². The largest absolute Gasteiger partial charge is 0.328 e. The molecule has 0 saturated heterocycles. The molecule has 0 unspecified atom stereocenters. The van der Waals surface area contributed by atoms with Crippen molar-refractivity contribution >= 4 is 55.9 Å². The van der Waals surface area contributed by atoms with Crippen molar-refractivity contribution < 1.29 is 14.4 Å². The molecule has 4 rings (SSSR count). The van der Waals surface area contributed by atoms with Crippen LogP contribution in [0.5, 0.6) is 0 Å². The van der Waals surface area contributed by atoms with Crippen LogP contribution in [-0.2, 0) is 9.59 Å². The Morgan fingerprint density at radius 3 is 2.26 bits per heavy atom. The van der Waals surface area contributed by atoms with Crippen molar-refractivity contribution in [3.63, 3.8) is 0 Å². The predicted molar refractivity (Wildman–Crippen MR) is 138 cm³/mol. The van der Waals surface area contributed by atoms with Crippen LogP contribution in [0.4, 0.5) is 11.4 Å². The molecule has 3 aromatic carbocycles. The van der Waals surface area contributed by atoms with Crippen LogP contribution in [0.2, 0.25) is 0 Å². The van der Waals surface area contributed by atoms with E-state index in [1.54, 1.807) is 30.3 Å². The SMILES string of the molecule is Cc1ccc(C)c(NC(=O)C(=O)Nn2c(C(=O)Nc3ccccc3C)cc3cc(Br)ccc32)c1. The zero-order valence-electron chi connectivity index (χ0n) is 18.9. The monoisotopic (exact) mass is 518 g/mol. The smallest absolute Gasteiger partial charge is 0.320 e. The van der Waals surface area contributed by atoms with Crippen molar-refractivity contribution in [1.82, 2.24) is 4.68 Å². The van der Waals surface area contributed by atoms with Crippen LogP contribution in [0.15, 0.2) is 71.2 Å². The number of nitrogens with one attached hydrogen (secondary N) is 3.